The van der Waals surface area contributed by atoms with Gasteiger partial charge in [-0.1, -0.05) is 11.8 Å². The second kappa shape index (κ2) is 8.16. The normalized spacial score (nSPS) is 11.0. The third-order valence-corrected chi connectivity index (χ3v) is 5.67. The van der Waals surface area contributed by atoms with Crippen LogP contribution in [0.4, 0.5) is 5.69 Å². The van der Waals surface area contributed by atoms with E-state index >= 15 is 0 Å². The number of pyridine rings is 1. The van der Waals surface area contributed by atoms with Crippen molar-refractivity contribution < 1.29 is 14.3 Å². The van der Waals surface area contributed by atoms with Gasteiger partial charge in [0, 0.05) is 17.3 Å². The minimum absolute atomic E-state index is 0.0127. The van der Waals surface area contributed by atoms with Gasteiger partial charge in [-0.15, -0.1) is 10.2 Å². The molecule has 30 heavy (non-hydrogen) atoms. The number of anilines is 1. The Kier molecular flexibility index (Phi) is 5.41. The van der Waals surface area contributed by atoms with Crippen molar-refractivity contribution >= 4 is 45.7 Å². The zero-order chi connectivity index (χ0) is 21.3. The summed E-state index contributed by atoms with van der Waals surface area (Å²) in [6.07, 6.45) is 0. The maximum Gasteiger partial charge on any atom is 0.234 e. The van der Waals surface area contributed by atoms with E-state index in [0.717, 1.165) is 27.9 Å². The first-order valence-electron chi connectivity index (χ1n) is 9.32. The molecule has 0 bridgehead atoms. The van der Waals surface area contributed by atoms with Crippen molar-refractivity contribution in [2.75, 3.05) is 18.2 Å². The van der Waals surface area contributed by atoms with E-state index in [1.807, 2.05) is 29.5 Å². The number of methoxy groups -OCH3 is 1. The van der Waals surface area contributed by atoms with Crippen LogP contribution in [0.5, 0.6) is 5.75 Å². The molecule has 0 fully saturated rings. The third kappa shape index (κ3) is 3.86. The van der Waals surface area contributed by atoms with E-state index < -0.39 is 0 Å². The van der Waals surface area contributed by atoms with Crippen molar-refractivity contribution in [3.05, 3.63) is 59.7 Å². The molecule has 0 spiro atoms. The van der Waals surface area contributed by atoms with E-state index in [2.05, 4.69) is 21.6 Å². The Morgan fingerprint density at radius 1 is 1.10 bits per heavy atom. The highest BCUT2D eigenvalue weighted by molar-refractivity contribution is 7.99. The summed E-state index contributed by atoms with van der Waals surface area (Å²) in [6, 6.07) is 14.7. The fourth-order valence-electron chi connectivity index (χ4n) is 3.22. The highest BCUT2D eigenvalue weighted by Gasteiger charge is 2.14. The number of carbonyl (C=O) groups excluding carboxylic acids is 2. The number of nitrogens with zero attached hydrogens (tertiary/aromatic N) is 3. The van der Waals surface area contributed by atoms with Crippen LogP contribution in [0, 0.1) is 6.92 Å². The summed E-state index contributed by atoms with van der Waals surface area (Å²) in [7, 11) is 1.63. The van der Waals surface area contributed by atoms with Crippen LogP contribution in [-0.4, -0.2) is 39.2 Å². The van der Waals surface area contributed by atoms with Crippen molar-refractivity contribution in [3.8, 4) is 5.75 Å². The molecule has 4 aromatic rings. The average Bonchev–Trinajstić information content (AvgIpc) is 3.17. The average molecular weight is 420 g/mol. The molecule has 0 unspecified atom stereocenters. The van der Waals surface area contributed by atoms with E-state index in [1.54, 1.807) is 31.4 Å². The smallest absolute Gasteiger partial charge is 0.234 e. The largest absolute Gasteiger partial charge is 0.497 e. The highest BCUT2D eigenvalue weighted by Crippen LogP contribution is 2.28. The number of Topliss-reactive ketones (excluding diaryl/α,β-unsaturated/α-hetero) is 1. The number of ketones is 1. The molecule has 1 N–H and O–H groups in total. The molecule has 2 heterocycles. The second-order valence-electron chi connectivity index (χ2n) is 6.86. The molecule has 0 aliphatic carbocycles. The van der Waals surface area contributed by atoms with E-state index in [9.17, 15) is 9.59 Å². The summed E-state index contributed by atoms with van der Waals surface area (Å²) >= 11 is 1.31. The number of rotatable bonds is 6. The summed E-state index contributed by atoms with van der Waals surface area (Å²) in [5, 5.41) is 13.1. The summed E-state index contributed by atoms with van der Waals surface area (Å²) < 4.78 is 7.31. The van der Waals surface area contributed by atoms with Crippen molar-refractivity contribution in [1.29, 1.82) is 0 Å². The van der Waals surface area contributed by atoms with Crippen molar-refractivity contribution in [2.45, 2.75) is 19.0 Å². The highest BCUT2D eigenvalue weighted by atomic mass is 32.2. The predicted octanol–water partition coefficient (Wildman–Crippen LogP) is 4.13. The van der Waals surface area contributed by atoms with Crippen molar-refractivity contribution in [3.63, 3.8) is 0 Å². The van der Waals surface area contributed by atoms with Gasteiger partial charge >= 0.3 is 0 Å². The van der Waals surface area contributed by atoms with Gasteiger partial charge in [-0.3, -0.25) is 14.0 Å². The number of hydrogen-bond acceptors (Lipinski definition) is 6. The molecule has 152 valence electrons. The van der Waals surface area contributed by atoms with Crippen LogP contribution in [-0.2, 0) is 4.79 Å². The van der Waals surface area contributed by atoms with Crippen LogP contribution < -0.4 is 10.1 Å². The van der Waals surface area contributed by atoms with Gasteiger partial charge in [-0.2, -0.15) is 0 Å². The predicted molar refractivity (Wildman–Crippen MR) is 118 cm³/mol. The molecule has 0 atom stereocenters. The molecule has 2 aromatic carbocycles. The molecule has 0 aliphatic rings. The minimum Gasteiger partial charge on any atom is -0.497 e. The molecule has 0 radical (unpaired) electrons. The van der Waals surface area contributed by atoms with E-state index in [1.165, 1.54) is 18.7 Å². The van der Waals surface area contributed by atoms with Crippen molar-refractivity contribution in [1.82, 2.24) is 14.6 Å². The van der Waals surface area contributed by atoms with E-state index in [-0.39, 0.29) is 17.4 Å². The Morgan fingerprint density at radius 2 is 1.87 bits per heavy atom. The number of nitrogens with one attached hydrogen (secondary N) is 1. The number of ether oxygens (including phenoxy) is 1. The van der Waals surface area contributed by atoms with Gasteiger partial charge in [-0.05, 0) is 67.3 Å². The number of fused-ring (bicyclic) bond motifs is 3. The molecular formula is C22H20N4O3S. The summed E-state index contributed by atoms with van der Waals surface area (Å²) in [5.41, 5.74) is 3.92. The first kappa shape index (κ1) is 19.9. The number of carbonyl (C=O) groups is 2. The zero-order valence-electron chi connectivity index (χ0n) is 16.8. The molecule has 0 aliphatic heterocycles. The molecule has 4 rings (SSSR count). The Labute approximate surface area is 177 Å². The molecule has 1 amide bonds. The monoisotopic (exact) mass is 420 g/mol. The van der Waals surface area contributed by atoms with Crippen LogP contribution in [0.1, 0.15) is 22.8 Å². The van der Waals surface area contributed by atoms with Gasteiger partial charge in [0.2, 0.25) is 5.91 Å². The van der Waals surface area contributed by atoms with Crippen LogP contribution in [0.3, 0.4) is 0 Å². The third-order valence-electron chi connectivity index (χ3n) is 4.74. The fraction of sp³-hybridized carbons (Fsp3) is 0.182. The summed E-state index contributed by atoms with van der Waals surface area (Å²) in [6.45, 7) is 3.49. The lowest BCUT2D eigenvalue weighted by molar-refractivity contribution is -0.113. The van der Waals surface area contributed by atoms with Crippen LogP contribution in [0.2, 0.25) is 0 Å². The van der Waals surface area contributed by atoms with E-state index in [4.69, 9.17) is 4.74 Å². The number of hydrogen-bond donors (Lipinski definition) is 1. The van der Waals surface area contributed by atoms with Gasteiger partial charge in [-0.25, -0.2) is 0 Å². The minimum atomic E-state index is -0.165. The Hall–Kier alpha value is -3.39. The molecule has 8 heteroatoms. The number of amides is 1. The number of aromatic nitrogens is 3. The maximum atomic E-state index is 12.4. The first-order valence-corrected chi connectivity index (χ1v) is 10.3. The zero-order valence-corrected chi connectivity index (χ0v) is 17.6. The van der Waals surface area contributed by atoms with Gasteiger partial charge in [0.25, 0.3) is 0 Å². The van der Waals surface area contributed by atoms with Gasteiger partial charge in [0.05, 0.1) is 18.4 Å². The summed E-state index contributed by atoms with van der Waals surface area (Å²) in [5.74, 6) is 0.737. The molecule has 7 nitrogen and oxygen atoms in total. The Balaban J connectivity index is 1.56. The fourth-order valence-corrected chi connectivity index (χ4v) is 3.96. The van der Waals surface area contributed by atoms with Crippen LogP contribution in [0.15, 0.2) is 53.7 Å². The second-order valence-corrected chi connectivity index (χ2v) is 7.81. The summed E-state index contributed by atoms with van der Waals surface area (Å²) in [4.78, 5) is 23.8. The Morgan fingerprint density at radius 3 is 2.57 bits per heavy atom. The lowest BCUT2D eigenvalue weighted by Crippen LogP contribution is -2.14. The number of thioether (sulfide) groups is 1. The Bertz CT molecular complexity index is 1270. The van der Waals surface area contributed by atoms with Gasteiger partial charge in [0.1, 0.15) is 5.75 Å². The number of benzene rings is 2. The van der Waals surface area contributed by atoms with Gasteiger partial charge < -0.3 is 10.1 Å². The first-order chi connectivity index (χ1) is 14.5. The van der Waals surface area contributed by atoms with Crippen LogP contribution in [0.25, 0.3) is 16.6 Å². The number of aryl methyl sites for hydroxylation is 1. The quantitative estimate of drug-likeness (QED) is 0.373. The molecule has 0 saturated carbocycles. The molecule has 0 saturated heterocycles. The lowest BCUT2D eigenvalue weighted by atomic mass is 10.1. The molecular weight excluding hydrogens is 400 g/mol. The standard InChI is InChI=1S/C22H20N4O3S/c1-13-10-16-6-9-18(29-3)11-19(16)26-21(13)24-25-22(26)30-12-20(28)23-17-7-4-15(5-8-17)14(2)27/h4-11H,12H2,1-3H3,(H,23,28). The SMILES string of the molecule is COc1ccc2cc(C)c3nnc(SCC(=O)Nc4ccc(C(C)=O)cc4)n3c2c1. The van der Waals surface area contributed by atoms with Crippen LogP contribution >= 0.6 is 11.8 Å². The maximum absolute atomic E-state index is 12.4. The van der Waals surface area contributed by atoms with Gasteiger partial charge in [0.15, 0.2) is 16.6 Å². The lowest BCUT2D eigenvalue weighted by Gasteiger charge is -2.09. The van der Waals surface area contributed by atoms with E-state index in [0.29, 0.717) is 16.4 Å². The topological polar surface area (TPSA) is 85.6 Å². The van der Waals surface area contributed by atoms with Crippen molar-refractivity contribution in [2.24, 2.45) is 0 Å². The molecule has 2 aromatic heterocycles.